The molecule has 0 spiro atoms. The van der Waals surface area contributed by atoms with Gasteiger partial charge in [0.05, 0.1) is 11.2 Å². The molecule has 1 fully saturated rings. The summed E-state index contributed by atoms with van der Waals surface area (Å²) in [4.78, 5) is 0. The standard InChI is InChI=1S/C34H22.C24H15Br.C16H19BO2/c1-2-12-25-22-26(21-20-23(25)10-1)33-29-15-5-7-17-31(29)34(32-18-8-6-16-30(32)33)28-19-9-13-24-11-3-4-14-27(24)28;25-24-21-11-5-3-9-19(21)23(20-10-4-6-12-22(20)24)18-14-13-16-7-1-2-8-17(16)15-18;1-15(2)16(3,4)19-17(18-15)14-11-7-9-12-8-5-6-10-13(12)14/h1-22H;1-15H;5-11H,1-4H3. The minimum Gasteiger partial charge on any atom is -0.399 e. The molecule has 0 radical (unpaired) electrons. The molecule has 2 nitrogen and oxygen atoms in total. The van der Waals surface area contributed by atoms with Crippen LogP contribution in [0.2, 0.25) is 0 Å². The molecular formula is C74H56BBrO2. The third-order valence-electron chi connectivity index (χ3n) is 16.3. The lowest BCUT2D eigenvalue weighted by Gasteiger charge is -2.32. The molecule has 1 saturated heterocycles. The molecule has 1 heterocycles. The normalized spacial score (nSPS) is 13.8. The van der Waals surface area contributed by atoms with Gasteiger partial charge in [-0.05, 0) is 181 Å². The quantitative estimate of drug-likeness (QED) is 0.129. The highest BCUT2D eigenvalue weighted by atomic mass is 79.9. The van der Waals surface area contributed by atoms with Gasteiger partial charge in [-0.1, -0.05) is 255 Å². The van der Waals surface area contributed by atoms with Crippen molar-refractivity contribution >= 4 is 115 Å². The second kappa shape index (κ2) is 20.2. The Balaban J connectivity index is 0.000000116. The maximum Gasteiger partial charge on any atom is 0.495 e. The van der Waals surface area contributed by atoms with Crippen LogP contribution in [0.1, 0.15) is 27.7 Å². The van der Waals surface area contributed by atoms with E-state index in [1.54, 1.807) is 0 Å². The van der Waals surface area contributed by atoms with E-state index in [2.05, 4.69) is 311 Å². The molecular weight excluding hydrogens is 1010 g/mol. The van der Waals surface area contributed by atoms with Crippen molar-refractivity contribution in [2.24, 2.45) is 0 Å². The predicted octanol–water partition coefficient (Wildman–Crippen LogP) is 20.3. The molecule has 0 aromatic heterocycles. The smallest absolute Gasteiger partial charge is 0.399 e. The Morgan fingerprint density at radius 3 is 1.06 bits per heavy atom. The van der Waals surface area contributed by atoms with E-state index in [1.165, 1.54) is 124 Å². The average molecular weight is 1070 g/mol. The van der Waals surface area contributed by atoms with Crippen LogP contribution >= 0.6 is 15.9 Å². The van der Waals surface area contributed by atoms with Crippen molar-refractivity contribution in [2.45, 2.75) is 38.9 Å². The Labute approximate surface area is 464 Å². The summed E-state index contributed by atoms with van der Waals surface area (Å²) >= 11 is 3.83. The summed E-state index contributed by atoms with van der Waals surface area (Å²) in [6.45, 7) is 8.33. The number of rotatable bonds is 4. The van der Waals surface area contributed by atoms with Crippen LogP contribution in [0.4, 0.5) is 0 Å². The van der Waals surface area contributed by atoms with Gasteiger partial charge in [0.2, 0.25) is 0 Å². The molecule has 1 aliphatic rings. The van der Waals surface area contributed by atoms with Gasteiger partial charge in [-0.25, -0.2) is 0 Å². The number of fused-ring (bicyclic) bond motifs is 8. The molecule has 14 aromatic carbocycles. The maximum absolute atomic E-state index is 6.14. The first-order chi connectivity index (χ1) is 38.1. The minimum atomic E-state index is -0.297. The minimum absolute atomic E-state index is 0.295. The fourth-order valence-electron chi connectivity index (χ4n) is 11.7. The van der Waals surface area contributed by atoms with E-state index in [0.717, 1.165) is 5.46 Å². The van der Waals surface area contributed by atoms with E-state index in [-0.39, 0.29) is 18.3 Å². The van der Waals surface area contributed by atoms with E-state index in [1.807, 2.05) is 0 Å². The van der Waals surface area contributed by atoms with Gasteiger partial charge in [0.25, 0.3) is 0 Å². The van der Waals surface area contributed by atoms with Crippen molar-refractivity contribution in [3.05, 3.63) is 271 Å². The fourth-order valence-corrected chi connectivity index (χ4v) is 12.4. The topological polar surface area (TPSA) is 18.5 Å². The summed E-state index contributed by atoms with van der Waals surface area (Å²) in [6, 6.07) is 95.7. The highest BCUT2D eigenvalue weighted by Crippen LogP contribution is 2.46. The summed E-state index contributed by atoms with van der Waals surface area (Å²) in [6.07, 6.45) is 0. The van der Waals surface area contributed by atoms with E-state index in [9.17, 15) is 0 Å². The Morgan fingerprint density at radius 1 is 0.282 bits per heavy atom. The first-order valence-corrected chi connectivity index (χ1v) is 27.7. The lowest BCUT2D eigenvalue weighted by molar-refractivity contribution is 0.00578. The van der Waals surface area contributed by atoms with Crippen LogP contribution in [-0.4, -0.2) is 18.3 Å². The van der Waals surface area contributed by atoms with Crippen LogP contribution in [-0.2, 0) is 9.31 Å². The zero-order valence-corrected chi connectivity index (χ0v) is 45.8. The van der Waals surface area contributed by atoms with Crippen LogP contribution in [0.25, 0.3) is 120 Å². The number of hydrogen-bond donors (Lipinski definition) is 0. The molecule has 14 aromatic rings. The SMILES string of the molecule is Brc1c2ccccc2c(-c2ccc3ccccc3c2)c2ccccc12.CC1(C)OB(c2cccc3ccccc23)OC1(C)C.c1ccc2cc(-c3c4ccccc4c(-c4cccc5ccccc45)c4ccccc34)ccc2c1. The van der Waals surface area contributed by atoms with Crippen molar-refractivity contribution in [1.29, 1.82) is 0 Å². The third kappa shape index (κ3) is 8.81. The monoisotopic (exact) mass is 1070 g/mol. The van der Waals surface area contributed by atoms with Crippen molar-refractivity contribution in [1.82, 2.24) is 0 Å². The van der Waals surface area contributed by atoms with Crippen molar-refractivity contribution in [3.8, 4) is 33.4 Å². The van der Waals surface area contributed by atoms with Gasteiger partial charge in [0.1, 0.15) is 0 Å². The maximum atomic E-state index is 6.14. The van der Waals surface area contributed by atoms with Gasteiger partial charge in [-0.2, -0.15) is 0 Å². The third-order valence-corrected chi connectivity index (χ3v) is 17.1. The molecule has 1 aliphatic heterocycles. The highest BCUT2D eigenvalue weighted by Gasteiger charge is 2.52. The molecule has 78 heavy (non-hydrogen) atoms. The number of halogens is 1. The van der Waals surface area contributed by atoms with E-state index >= 15 is 0 Å². The first-order valence-electron chi connectivity index (χ1n) is 26.9. The van der Waals surface area contributed by atoms with Gasteiger partial charge in [-0.3, -0.25) is 0 Å². The summed E-state index contributed by atoms with van der Waals surface area (Å²) in [5.74, 6) is 0. The first kappa shape index (κ1) is 49.2. The second-order valence-corrected chi connectivity index (χ2v) is 22.2. The lowest BCUT2D eigenvalue weighted by Crippen LogP contribution is -2.41. The van der Waals surface area contributed by atoms with E-state index < -0.39 is 0 Å². The van der Waals surface area contributed by atoms with Gasteiger partial charge in [0.15, 0.2) is 0 Å². The second-order valence-electron chi connectivity index (χ2n) is 21.4. The van der Waals surface area contributed by atoms with Crippen molar-refractivity contribution in [3.63, 3.8) is 0 Å². The van der Waals surface area contributed by atoms with Gasteiger partial charge in [0, 0.05) is 4.47 Å². The van der Waals surface area contributed by atoms with Crippen LogP contribution in [0, 0.1) is 0 Å². The van der Waals surface area contributed by atoms with Crippen LogP contribution in [0.3, 0.4) is 0 Å². The molecule has 0 N–H and O–H groups in total. The Hall–Kier alpha value is -8.38. The molecule has 0 bridgehead atoms. The Kier molecular flexibility index (Phi) is 12.7. The molecule has 0 unspecified atom stereocenters. The molecule has 0 atom stereocenters. The highest BCUT2D eigenvalue weighted by molar-refractivity contribution is 9.10. The zero-order chi connectivity index (χ0) is 53.0. The molecule has 15 rings (SSSR count). The molecule has 0 saturated carbocycles. The van der Waals surface area contributed by atoms with Crippen molar-refractivity contribution < 1.29 is 9.31 Å². The average Bonchev–Trinajstić information content (AvgIpc) is 3.75. The van der Waals surface area contributed by atoms with Gasteiger partial charge < -0.3 is 9.31 Å². The van der Waals surface area contributed by atoms with Crippen molar-refractivity contribution in [2.75, 3.05) is 0 Å². The van der Waals surface area contributed by atoms with Crippen LogP contribution in [0.5, 0.6) is 0 Å². The zero-order valence-electron chi connectivity index (χ0n) is 44.2. The van der Waals surface area contributed by atoms with Crippen LogP contribution in [0.15, 0.2) is 271 Å². The largest absolute Gasteiger partial charge is 0.495 e. The Bertz CT molecular complexity index is 4470. The molecule has 4 heteroatoms. The summed E-state index contributed by atoms with van der Waals surface area (Å²) in [5, 5.41) is 20.3. The molecule has 374 valence electrons. The van der Waals surface area contributed by atoms with Gasteiger partial charge in [-0.15, -0.1) is 0 Å². The van der Waals surface area contributed by atoms with E-state index in [4.69, 9.17) is 9.31 Å². The molecule has 0 amide bonds. The summed E-state index contributed by atoms with van der Waals surface area (Å²) in [7, 11) is -0.295. The number of benzene rings is 14. The van der Waals surface area contributed by atoms with Gasteiger partial charge >= 0.3 is 7.12 Å². The summed E-state index contributed by atoms with van der Waals surface area (Å²) in [5.41, 5.74) is 8.25. The fraction of sp³-hybridized carbons (Fsp3) is 0.0811. The van der Waals surface area contributed by atoms with E-state index in [0.29, 0.717) is 0 Å². The summed E-state index contributed by atoms with van der Waals surface area (Å²) < 4.78 is 13.4. The Morgan fingerprint density at radius 2 is 0.603 bits per heavy atom. The number of hydrogen-bond acceptors (Lipinski definition) is 2. The molecule has 0 aliphatic carbocycles. The predicted molar refractivity (Wildman–Crippen MR) is 339 cm³/mol. The van der Waals surface area contributed by atoms with Crippen LogP contribution < -0.4 is 5.46 Å². The lowest BCUT2D eigenvalue weighted by atomic mass is 9.76.